The molecule has 2 atom stereocenters. The number of urea groups is 1. The highest BCUT2D eigenvalue weighted by atomic mass is 19.1. The van der Waals surface area contributed by atoms with Crippen LogP contribution in [0.2, 0.25) is 0 Å². The lowest BCUT2D eigenvalue weighted by atomic mass is 9.80. The van der Waals surface area contributed by atoms with E-state index in [4.69, 9.17) is 10.2 Å². The molecule has 0 spiro atoms. The van der Waals surface area contributed by atoms with Crippen LogP contribution >= 0.6 is 0 Å². The van der Waals surface area contributed by atoms with Gasteiger partial charge in [0.05, 0.1) is 5.52 Å². The second-order valence-electron chi connectivity index (χ2n) is 8.29. The number of carboxylic acid groups (broad SMARTS) is 3. The fourth-order valence-corrected chi connectivity index (χ4v) is 3.42. The number of nitrogens with one attached hydrogen (secondary N) is 2. The van der Waals surface area contributed by atoms with Gasteiger partial charge in [-0.15, -0.1) is 0 Å². The molecule has 0 saturated carbocycles. The summed E-state index contributed by atoms with van der Waals surface area (Å²) in [5, 5.41) is 49.7. The Morgan fingerprint density at radius 2 is 1.58 bits per heavy atom. The minimum Gasteiger partial charge on any atom is -0.481 e. The largest absolute Gasteiger partial charge is 0.488 e. The van der Waals surface area contributed by atoms with Gasteiger partial charge >= 0.3 is 31.1 Å². The Morgan fingerprint density at radius 3 is 2.13 bits per heavy atom. The molecule has 0 fully saturated rings. The van der Waals surface area contributed by atoms with Crippen LogP contribution in [0.15, 0.2) is 24.3 Å². The van der Waals surface area contributed by atoms with Crippen LogP contribution in [0.5, 0.6) is 0 Å². The van der Waals surface area contributed by atoms with Gasteiger partial charge in [-0.1, -0.05) is 12.1 Å². The predicted octanol–water partition coefficient (Wildman–Crippen LogP) is -0.743. The van der Waals surface area contributed by atoms with E-state index in [0.717, 1.165) is 11.0 Å². The van der Waals surface area contributed by atoms with Crippen molar-refractivity contribution >= 4 is 59.1 Å². The summed E-state index contributed by atoms with van der Waals surface area (Å²) < 4.78 is 14.6. The number of fused-ring (bicyclic) bond motifs is 1. The highest BCUT2D eigenvalue weighted by molar-refractivity contribution is 6.58. The van der Waals surface area contributed by atoms with E-state index in [1.807, 2.05) is 5.32 Å². The molecule has 3 amide bonds. The summed E-state index contributed by atoms with van der Waals surface area (Å²) in [4.78, 5) is 63.2. The lowest BCUT2D eigenvalue weighted by Gasteiger charge is -2.19. The average Bonchev–Trinajstić information content (AvgIpc) is 2.84. The molecule has 0 radical (unpaired) electrons. The first-order valence-electron chi connectivity index (χ1n) is 11.3. The number of hydrogen-bond acceptors (Lipinski definition) is 8. The summed E-state index contributed by atoms with van der Waals surface area (Å²) in [5.41, 5.74) is 0.220. The number of carbonyl (C=O) groups excluding carboxylic acids is 2. The van der Waals surface area contributed by atoms with Gasteiger partial charge in [-0.2, -0.15) is 0 Å². The first kappa shape index (κ1) is 29.9. The molecular weight excluding hydrogens is 510 g/mol. The molecule has 0 bridgehead atoms. The van der Waals surface area contributed by atoms with Gasteiger partial charge in [0.2, 0.25) is 5.91 Å². The third-order valence-corrected chi connectivity index (χ3v) is 5.52. The summed E-state index contributed by atoms with van der Waals surface area (Å²) in [6, 6.07) is 0.744. The molecular formula is C22H26BFN4O10. The number of amides is 3. The predicted molar refractivity (Wildman–Crippen MR) is 130 cm³/mol. The van der Waals surface area contributed by atoms with Gasteiger partial charge < -0.3 is 36.0 Å². The molecule has 0 aliphatic rings. The number of rotatable bonds is 13. The van der Waals surface area contributed by atoms with Crippen LogP contribution in [-0.2, 0) is 19.2 Å². The molecule has 1 heterocycles. The normalized spacial score (nSPS) is 12.3. The zero-order valence-electron chi connectivity index (χ0n) is 20.1. The fraction of sp³-hybridized carbons (Fsp3) is 0.364. The number of aromatic nitrogens is 1. The van der Waals surface area contributed by atoms with Crippen LogP contribution in [0.1, 0.15) is 32.1 Å². The molecule has 2 aromatic rings. The second kappa shape index (κ2) is 13.3. The van der Waals surface area contributed by atoms with Gasteiger partial charge in [0, 0.05) is 31.3 Å². The first-order chi connectivity index (χ1) is 17.8. The van der Waals surface area contributed by atoms with Gasteiger partial charge in [-0.05, 0) is 30.8 Å². The van der Waals surface area contributed by atoms with Crippen LogP contribution in [-0.4, -0.2) is 86.4 Å². The van der Waals surface area contributed by atoms with Crippen molar-refractivity contribution in [2.75, 3.05) is 11.9 Å². The maximum Gasteiger partial charge on any atom is 0.488 e. The zero-order valence-corrected chi connectivity index (χ0v) is 20.1. The molecule has 1 aromatic heterocycles. The number of hydrogen-bond donors (Lipinski definition) is 7. The van der Waals surface area contributed by atoms with Gasteiger partial charge in [-0.3, -0.25) is 14.5 Å². The van der Waals surface area contributed by atoms with E-state index in [9.17, 15) is 43.5 Å². The van der Waals surface area contributed by atoms with E-state index in [1.54, 1.807) is 0 Å². The zero-order chi connectivity index (χ0) is 28.6. The maximum atomic E-state index is 14.6. The molecule has 0 aliphatic heterocycles. The molecule has 0 aliphatic carbocycles. The Hall–Kier alpha value is -4.31. The minimum atomic E-state index is -1.80. The Balaban J connectivity index is 1.97. The van der Waals surface area contributed by atoms with Crippen molar-refractivity contribution < 1.29 is 53.7 Å². The molecule has 0 unspecified atom stereocenters. The monoisotopic (exact) mass is 536 g/mol. The van der Waals surface area contributed by atoms with Crippen molar-refractivity contribution in [1.29, 1.82) is 0 Å². The van der Waals surface area contributed by atoms with Crippen molar-refractivity contribution in [2.24, 2.45) is 0 Å². The maximum absolute atomic E-state index is 14.6. The van der Waals surface area contributed by atoms with E-state index in [2.05, 4.69) is 10.3 Å². The average molecular weight is 536 g/mol. The smallest absolute Gasteiger partial charge is 0.481 e. The van der Waals surface area contributed by atoms with Crippen molar-refractivity contribution in [3.8, 4) is 0 Å². The molecule has 204 valence electrons. The molecule has 2 rings (SSSR count). The number of carbonyl (C=O) groups is 5. The van der Waals surface area contributed by atoms with Gasteiger partial charge in [0.1, 0.15) is 23.7 Å². The van der Waals surface area contributed by atoms with E-state index >= 15 is 0 Å². The van der Waals surface area contributed by atoms with Gasteiger partial charge in [0.15, 0.2) is 0 Å². The van der Waals surface area contributed by atoms with Crippen LogP contribution in [0.3, 0.4) is 0 Å². The number of anilines is 1. The molecule has 1 aromatic carbocycles. The third kappa shape index (κ3) is 8.38. The third-order valence-electron chi connectivity index (χ3n) is 5.52. The highest BCUT2D eigenvalue weighted by Gasteiger charge is 2.25. The van der Waals surface area contributed by atoms with Gasteiger partial charge in [0.25, 0.3) is 0 Å². The van der Waals surface area contributed by atoms with Crippen molar-refractivity contribution in [3.63, 3.8) is 0 Å². The highest BCUT2D eigenvalue weighted by Crippen LogP contribution is 2.21. The fourth-order valence-electron chi connectivity index (χ4n) is 3.42. The van der Waals surface area contributed by atoms with Crippen LogP contribution in [0.4, 0.5) is 15.0 Å². The lowest BCUT2D eigenvalue weighted by Crippen LogP contribution is -2.51. The summed E-state index contributed by atoms with van der Waals surface area (Å²) >= 11 is 0. The Morgan fingerprint density at radius 1 is 0.974 bits per heavy atom. The van der Waals surface area contributed by atoms with Crippen molar-refractivity contribution in [1.82, 2.24) is 15.6 Å². The van der Waals surface area contributed by atoms with E-state index in [-0.39, 0.29) is 41.4 Å². The van der Waals surface area contributed by atoms with Crippen LogP contribution < -0.4 is 21.0 Å². The van der Waals surface area contributed by atoms with Gasteiger partial charge in [-0.25, -0.2) is 23.8 Å². The molecule has 0 saturated heterocycles. The summed E-state index contributed by atoms with van der Waals surface area (Å²) in [7, 11) is -0.459. The molecule has 38 heavy (non-hydrogen) atoms. The second-order valence-corrected chi connectivity index (χ2v) is 8.29. The number of pyridine rings is 1. The lowest BCUT2D eigenvalue weighted by molar-refractivity contribution is -0.140. The Labute approximate surface area is 215 Å². The molecule has 14 nitrogen and oxygen atoms in total. The quantitative estimate of drug-likeness (QED) is 0.158. The van der Waals surface area contributed by atoms with E-state index < -0.39 is 67.7 Å². The standard InChI is InChI=1S/C22H26BFN4O10/c1-28(17-10-13(24)12-9-11(23(37)38)5-6-14(12)25-17)18(29)4-2-3-15(20(32)33)26-22(36)27-16(21(34)35)7-8-19(30)31/h5-6,9-10,15-16,37-38H,2-4,7-8H2,1H3,(H,30,31)(H,32,33)(H,34,35)(H2,26,27,36)/t15-,16-/m0/s1. The number of carboxylic acids is 3. The molecule has 16 heteroatoms. The molecule has 7 N–H and O–H groups in total. The van der Waals surface area contributed by atoms with Crippen LogP contribution in [0, 0.1) is 5.82 Å². The number of benzene rings is 1. The summed E-state index contributed by atoms with van der Waals surface area (Å²) in [5.74, 6) is -5.53. The van der Waals surface area contributed by atoms with Crippen molar-refractivity contribution in [2.45, 2.75) is 44.2 Å². The summed E-state index contributed by atoms with van der Waals surface area (Å²) in [6.07, 6.45) is -1.36. The topological polar surface area (TPSA) is 227 Å². The minimum absolute atomic E-state index is 0.0157. The van der Waals surface area contributed by atoms with Crippen molar-refractivity contribution in [3.05, 3.63) is 30.1 Å². The van der Waals surface area contributed by atoms with E-state index in [0.29, 0.717) is 0 Å². The number of nitrogens with zero attached hydrogens (tertiary/aromatic N) is 2. The Bertz CT molecular complexity index is 1230. The van der Waals surface area contributed by atoms with E-state index in [1.165, 1.54) is 25.2 Å². The number of aliphatic carboxylic acids is 3. The summed E-state index contributed by atoms with van der Waals surface area (Å²) in [6.45, 7) is 0. The number of halogens is 1. The Kier molecular flexibility index (Phi) is 10.5. The first-order valence-corrected chi connectivity index (χ1v) is 11.3. The van der Waals surface area contributed by atoms with Crippen LogP contribution in [0.25, 0.3) is 10.9 Å². The SMILES string of the molecule is CN(C(=O)CCC[C@H](NC(=O)N[C@@H](CCC(=O)O)C(=O)O)C(=O)O)c1cc(F)c2cc(B(O)O)ccc2n1.